The summed E-state index contributed by atoms with van der Waals surface area (Å²) < 4.78 is 0. The number of ketones is 1. The number of hydrogen-bond acceptors (Lipinski definition) is 2. The van der Waals surface area contributed by atoms with Crippen LogP contribution in [0.15, 0.2) is 24.3 Å². The summed E-state index contributed by atoms with van der Waals surface area (Å²) in [6.45, 7) is 1.79. The first-order valence-electron chi connectivity index (χ1n) is 4.30. The monoisotopic (exact) mass is 207 g/mol. The third-order valence-corrected chi connectivity index (χ3v) is 2.36. The highest BCUT2D eigenvalue weighted by Crippen LogP contribution is 2.19. The normalized spacial score (nSPS) is 11.8. The third kappa shape index (κ3) is 2.58. The van der Waals surface area contributed by atoms with E-state index in [0.29, 0.717) is 5.02 Å². The zero-order valence-electron chi connectivity index (χ0n) is 7.83. The van der Waals surface area contributed by atoms with Gasteiger partial charge in [0.1, 0.15) is 0 Å². The highest BCUT2D eigenvalue weighted by molar-refractivity contribution is 6.30. The number of rotatable bonds is 3. The molecule has 0 aliphatic heterocycles. The van der Waals surface area contributed by atoms with Crippen molar-refractivity contribution in [2.24, 2.45) is 0 Å². The van der Waals surface area contributed by atoms with E-state index >= 15 is 0 Å². The third-order valence-electron chi connectivity index (χ3n) is 2.11. The van der Waals surface area contributed by atoms with Crippen molar-refractivity contribution in [3.63, 3.8) is 0 Å². The maximum Gasteiger partial charge on any atom is 0.154 e. The van der Waals surface area contributed by atoms with Crippen molar-refractivity contribution < 1.29 is 4.79 Å². The molecule has 0 aliphatic rings. The molecule has 0 heterocycles. The Morgan fingerprint density at radius 1 is 1.50 bits per heavy atom. The molecule has 72 valence electrons. The fourth-order valence-electron chi connectivity index (χ4n) is 1.17. The van der Waals surface area contributed by atoms with Gasteiger partial charge in [0, 0.05) is 10.9 Å². The van der Waals surface area contributed by atoms with Crippen LogP contribution in [0.3, 0.4) is 0 Å². The second-order valence-corrected chi connectivity index (χ2v) is 3.51. The number of benzene rings is 1. The Bertz CT molecular complexity index is 364. The van der Waals surface area contributed by atoms with Gasteiger partial charge in [0.05, 0.1) is 12.5 Å². The van der Waals surface area contributed by atoms with Gasteiger partial charge in [-0.15, -0.1) is 0 Å². The molecule has 0 N–H and O–H groups in total. The number of hydrogen-bond donors (Lipinski definition) is 0. The first-order valence-corrected chi connectivity index (χ1v) is 4.68. The molecule has 2 nitrogen and oxygen atoms in total. The topological polar surface area (TPSA) is 40.9 Å². The summed E-state index contributed by atoms with van der Waals surface area (Å²) >= 11 is 5.72. The van der Waals surface area contributed by atoms with Crippen LogP contribution in [0.2, 0.25) is 5.02 Å². The first-order chi connectivity index (χ1) is 6.65. The number of nitrogens with zero attached hydrogens (tertiary/aromatic N) is 1. The smallest absolute Gasteiger partial charge is 0.154 e. The minimum Gasteiger partial charge on any atom is -0.298 e. The van der Waals surface area contributed by atoms with Crippen molar-refractivity contribution in [3.05, 3.63) is 34.9 Å². The lowest BCUT2D eigenvalue weighted by Crippen LogP contribution is -2.07. The van der Waals surface area contributed by atoms with Crippen molar-refractivity contribution in [2.75, 3.05) is 0 Å². The van der Waals surface area contributed by atoms with E-state index in [1.165, 1.54) is 0 Å². The van der Waals surface area contributed by atoms with Crippen molar-refractivity contribution in [2.45, 2.75) is 19.3 Å². The summed E-state index contributed by atoms with van der Waals surface area (Å²) in [5.41, 5.74) is 0.898. The predicted octanol–water partition coefficient (Wildman–Crippen LogP) is 2.93. The molecule has 14 heavy (non-hydrogen) atoms. The van der Waals surface area contributed by atoms with E-state index in [4.69, 9.17) is 16.9 Å². The quantitative estimate of drug-likeness (QED) is 0.765. The zero-order chi connectivity index (χ0) is 10.6. The highest BCUT2D eigenvalue weighted by Gasteiger charge is 2.13. The molecular formula is C11H10ClNO. The molecule has 1 aromatic rings. The van der Waals surface area contributed by atoms with Crippen molar-refractivity contribution in [1.29, 1.82) is 5.26 Å². The van der Waals surface area contributed by atoms with E-state index in [-0.39, 0.29) is 18.1 Å². The number of carbonyl (C=O) groups excluding carboxylic acids is 1. The predicted molar refractivity (Wildman–Crippen MR) is 55.1 cm³/mol. The van der Waals surface area contributed by atoms with Crippen LogP contribution in [0.25, 0.3) is 0 Å². The standard InChI is InChI=1S/C11H10ClNO/c1-8(11(14)6-7-13)9-2-4-10(12)5-3-9/h2-5,8H,6H2,1H3. The SMILES string of the molecule is CC(C(=O)CC#N)c1ccc(Cl)cc1. The Balaban J connectivity index is 2.80. The number of Topliss-reactive ketones (excluding diaryl/α,β-unsaturated/α-hetero) is 1. The Morgan fingerprint density at radius 3 is 2.57 bits per heavy atom. The van der Waals surface area contributed by atoms with E-state index in [0.717, 1.165) is 5.56 Å². The molecule has 0 amide bonds. The van der Waals surface area contributed by atoms with Gasteiger partial charge in [-0.1, -0.05) is 30.7 Å². The van der Waals surface area contributed by atoms with Crippen LogP contribution in [0.5, 0.6) is 0 Å². The summed E-state index contributed by atoms with van der Waals surface area (Å²) in [7, 11) is 0. The Morgan fingerprint density at radius 2 is 2.07 bits per heavy atom. The minimum absolute atomic E-state index is 0.0379. The summed E-state index contributed by atoms with van der Waals surface area (Å²) in [5.74, 6) is -0.290. The van der Waals surface area contributed by atoms with Gasteiger partial charge in [-0.2, -0.15) is 5.26 Å². The largest absolute Gasteiger partial charge is 0.298 e. The van der Waals surface area contributed by atoms with Crippen LogP contribution in [-0.2, 0) is 4.79 Å². The second-order valence-electron chi connectivity index (χ2n) is 3.07. The number of halogens is 1. The molecule has 1 rings (SSSR count). The lowest BCUT2D eigenvalue weighted by atomic mass is 9.95. The summed E-state index contributed by atoms with van der Waals surface area (Å²) in [6.07, 6.45) is -0.0379. The lowest BCUT2D eigenvalue weighted by Gasteiger charge is -2.08. The van der Waals surface area contributed by atoms with Gasteiger partial charge in [0.25, 0.3) is 0 Å². The van der Waals surface area contributed by atoms with Gasteiger partial charge in [-0.05, 0) is 17.7 Å². The molecule has 0 radical (unpaired) electrons. The van der Waals surface area contributed by atoms with Gasteiger partial charge >= 0.3 is 0 Å². The Labute approximate surface area is 88.1 Å². The highest BCUT2D eigenvalue weighted by atomic mass is 35.5. The molecule has 0 bridgehead atoms. The average Bonchev–Trinajstić information content (AvgIpc) is 2.18. The minimum atomic E-state index is -0.230. The van der Waals surface area contributed by atoms with E-state index in [1.807, 2.05) is 18.2 Å². The zero-order valence-corrected chi connectivity index (χ0v) is 8.58. The molecule has 0 saturated carbocycles. The maximum absolute atomic E-state index is 11.4. The van der Waals surface area contributed by atoms with Crippen molar-refractivity contribution in [1.82, 2.24) is 0 Å². The molecular weight excluding hydrogens is 198 g/mol. The fourth-order valence-corrected chi connectivity index (χ4v) is 1.29. The van der Waals surface area contributed by atoms with Gasteiger partial charge in [-0.25, -0.2) is 0 Å². The summed E-state index contributed by atoms with van der Waals surface area (Å²) in [4.78, 5) is 11.4. The van der Waals surface area contributed by atoms with E-state index in [9.17, 15) is 4.79 Å². The molecule has 0 fully saturated rings. The van der Waals surface area contributed by atoms with Gasteiger partial charge < -0.3 is 0 Å². The van der Waals surface area contributed by atoms with E-state index in [1.54, 1.807) is 19.1 Å². The number of nitriles is 1. The van der Waals surface area contributed by atoms with Crippen molar-refractivity contribution >= 4 is 17.4 Å². The van der Waals surface area contributed by atoms with E-state index < -0.39 is 0 Å². The van der Waals surface area contributed by atoms with Gasteiger partial charge in [-0.3, -0.25) is 4.79 Å². The first kappa shape index (κ1) is 10.7. The van der Waals surface area contributed by atoms with Gasteiger partial charge in [0.15, 0.2) is 5.78 Å². The van der Waals surface area contributed by atoms with Crippen LogP contribution in [0.1, 0.15) is 24.8 Å². The Hall–Kier alpha value is -1.33. The van der Waals surface area contributed by atoms with Crippen LogP contribution in [0.4, 0.5) is 0 Å². The van der Waals surface area contributed by atoms with Crippen LogP contribution >= 0.6 is 11.6 Å². The Kier molecular flexibility index (Phi) is 3.67. The van der Waals surface area contributed by atoms with Gasteiger partial charge in [0.2, 0.25) is 0 Å². The molecule has 0 spiro atoms. The van der Waals surface area contributed by atoms with Crippen molar-refractivity contribution in [3.8, 4) is 6.07 Å². The summed E-state index contributed by atoms with van der Waals surface area (Å²) in [5, 5.41) is 9.03. The fraction of sp³-hybridized carbons (Fsp3) is 0.273. The molecule has 1 aromatic carbocycles. The van der Waals surface area contributed by atoms with Crippen LogP contribution < -0.4 is 0 Å². The van der Waals surface area contributed by atoms with Crippen LogP contribution in [-0.4, -0.2) is 5.78 Å². The molecule has 0 aliphatic carbocycles. The lowest BCUT2D eigenvalue weighted by molar-refractivity contribution is -0.119. The average molecular weight is 208 g/mol. The molecule has 0 saturated heterocycles. The second kappa shape index (κ2) is 4.78. The van der Waals surface area contributed by atoms with E-state index in [2.05, 4.69) is 0 Å². The molecule has 1 unspecified atom stereocenters. The molecule has 0 aromatic heterocycles. The van der Waals surface area contributed by atoms with Crippen LogP contribution in [0, 0.1) is 11.3 Å². The molecule has 1 atom stereocenters. The maximum atomic E-state index is 11.4. The molecule has 3 heteroatoms. The summed E-state index contributed by atoms with van der Waals surface area (Å²) in [6, 6.07) is 8.96. The number of carbonyl (C=O) groups is 1.